The van der Waals surface area contributed by atoms with Gasteiger partial charge in [0.1, 0.15) is 31.6 Å². The van der Waals surface area contributed by atoms with Gasteiger partial charge in [-0.3, -0.25) is 63.7 Å². The van der Waals surface area contributed by atoms with E-state index in [9.17, 15) is 52.7 Å². The normalized spacial score (nSPS) is 21.1. The Morgan fingerprint density at radius 2 is 0.908 bits per heavy atom. The van der Waals surface area contributed by atoms with Gasteiger partial charge in [-0.25, -0.2) is 9.59 Å². The third kappa shape index (κ3) is 14.9. The molecule has 458 valence electrons. The SMILES string of the molecule is O=C1CCC(N2C(=O)c3ccc(N4CCN(CCC5CCN(C(=O)OCc6ccccc6)CC5)CC4)cc3C2=O)C(=O)N1.O=C1CCC(N2C(=O)c3ccc(N4CCNCC4)cc3C2=O)C(=O)N1.O=CCC1CCN(C(=O)OCc2ccccc2)CC1. The highest BCUT2D eigenvalue weighted by atomic mass is 16.6. The number of nitrogens with zero attached hydrogens (tertiary/aromatic N) is 7. The lowest BCUT2D eigenvalue weighted by atomic mass is 9.93. The molecule has 4 aromatic carbocycles. The molecule has 0 radical (unpaired) electrons. The van der Waals surface area contributed by atoms with Crippen molar-refractivity contribution in [3.05, 3.63) is 130 Å². The van der Waals surface area contributed by atoms with Gasteiger partial charge >= 0.3 is 12.2 Å². The third-order valence-electron chi connectivity index (χ3n) is 17.5. The molecule has 8 heterocycles. The Bertz CT molecular complexity index is 3230. The zero-order valence-corrected chi connectivity index (χ0v) is 48.7. The number of piperidine rings is 4. The summed E-state index contributed by atoms with van der Waals surface area (Å²) in [7, 11) is 0. The number of piperazine rings is 2. The zero-order chi connectivity index (χ0) is 61.0. The molecular formula is C64H74N10O13. The minimum absolute atomic E-state index is 0.0996. The van der Waals surface area contributed by atoms with Crippen LogP contribution in [0.25, 0.3) is 0 Å². The predicted octanol–water partition coefficient (Wildman–Crippen LogP) is 4.77. The molecule has 3 N–H and O–H groups in total. The van der Waals surface area contributed by atoms with Gasteiger partial charge in [-0.1, -0.05) is 60.7 Å². The van der Waals surface area contributed by atoms with Crippen molar-refractivity contribution < 1.29 is 62.2 Å². The van der Waals surface area contributed by atoms with Crippen LogP contribution in [0, 0.1) is 11.8 Å². The predicted molar refractivity (Wildman–Crippen MR) is 317 cm³/mol. The van der Waals surface area contributed by atoms with E-state index < -0.39 is 47.5 Å². The third-order valence-corrected chi connectivity index (χ3v) is 17.5. The molecule has 10 amide bonds. The number of carbonyl (C=O) groups is 11. The van der Waals surface area contributed by atoms with Crippen LogP contribution in [0.2, 0.25) is 0 Å². The number of nitrogens with one attached hydrogen (secondary N) is 3. The lowest BCUT2D eigenvalue weighted by Gasteiger charge is -2.37. The molecule has 0 aliphatic carbocycles. The second-order valence-corrected chi connectivity index (χ2v) is 23.1. The van der Waals surface area contributed by atoms with E-state index in [1.807, 2.05) is 77.7 Å². The Labute approximate surface area is 504 Å². The summed E-state index contributed by atoms with van der Waals surface area (Å²) in [5, 5.41) is 7.70. The number of aldehydes is 1. The van der Waals surface area contributed by atoms with Crippen LogP contribution in [0.3, 0.4) is 0 Å². The number of rotatable bonds is 13. The molecule has 0 bridgehead atoms. The summed E-state index contributed by atoms with van der Waals surface area (Å²) in [5.74, 6) is -2.85. The molecule has 8 aliphatic heterocycles. The van der Waals surface area contributed by atoms with Gasteiger partial charge in [0.15, 0.2) is 0 Å². The molecule has 0 aromatic heterocycles. The van der Waals surface area contributed by atoms with Crippen molar-refractivity contribution in [3.8, 4) is 0 Å². The molecule has 23 nitrogen and oxygen atoms in total. The first-order chi connectivity index (χ1) is 42.2. The minimum Gasteiger partial charge on any atom is -0.445 e. The second kappa shape index (κ2) is 28.6. The summed E-state index contributed by atoms with van der Waals surface area (Å²) in [6.07, 6.45) is 6.45. The fraction of sp³-hybridized carbons (Fsp3) is 0.453. The Kier molecular flexibility index (Phi) is 20.1. The number of hydrogen-bond acceptors (Lipinski definition) is 17. The van der Waals surface area contributed by atoms with Crippen LogP contribution in [0.5, 0.6) is 0 Å². The fourth-order valence-electron chi connectivity index (χ4n) is 12.3. The van der Waals surface area contributed by atoms with Gasteiger partial charge in [0, 0.05) is 109 Å². The fourth-order valence-corrected chi connectivity index (χ4v) is 12.3. The first kappa shape index (κ1) is 61.3. The summed E-state index contributed by atoms with van der Waals surface area (Å²) in [4.78, 5) is 146. The number of likely N-dealkylation sites (tertiary alicyclic amines) is 2. The summed E-state index contributed by atoms with van der Waals surface area (Å²) in [6, 6.07) is 28.0. The lowest BCUT2D eigenvalue weighted by molar-refractivity contribution is -0.137. The highest BCUT2D eigenvalue weighted by Crippen LogP contribution is 2.33. The number of amides is 10. The number of hydrogen-bond donors (Lipinski definition) is 3. The van der Waals surface area contributed by atoms with Gasteiger partial charge in [0.2, 0.25) is 23.6 Å². The first-order valence-corrected chi connectivity index (χ1v) is 30.2. The highest BCUT2D eigenvalue weighted by Gasteiger charge is 2.46. The minimum atomic E-state index is -0.960. The molecular weight excluding hydrogens is 1120 g/mol. The molecule has 8 aliphatic rings. The van der Waals surface area contributed by atoms with Gasteiger partial charge in [0.25, 0.3) is 23.6 Å². The molecule has 12 rings (SSSR count). The number of imide groups is 4. The maximum atomic E-state index is 13.2. The van der Waals surface area contributed by atoms with Crippen LogP contribution in [0.4, 0.5) is 21.0 Å². The van der Waals surface area contributed by atoms with E-state index in [2.05, 4.69) is 30.7 Å². The number of carbonyl (C=O) groups excluding carboxylic acids is 11. The van der Waals surface area contributed by atoms with Crippen molar-refractivity contribution in [1.82, 2.24) is 40.4 Å². The number of fused-ring (bicyclic) bond motifs is 2. The highest BCUT2D eigenvalue weighted by molar-refractivity contribution is 6.24. The molecule has 87 heavy (non-hydrogen) atoms. The van der Waals surface area contributed by atoms with Crippen LogP contribution in [0.1, 0.15) is 117 Å². The van der Waals surface area contributed by atoms with Crippen LogP contribution in [0.15, 0.2) is 97.1 Å². The van der Waals surface area contributed by atoms with Crippen LogP contribution in [-0.4, -0.2) is 187 Å². The smallest absolute Gasteiger partial charge is 0.410 e. The van der Waals surface area contributed by atoms with Crippen LogP contribution < -0.4 is 25.8 Å². The van der Waals surface area contributed by atoms with E-state index in [4.69, 9.17) is 9.47 Å². The summed E-state index contributed by atoms with van der Waals surface area (Å²) >= 11 is 0. The van der Waals surface area contributed by atoms with Gasteiger partial charge in [-0.15, -0.1) is 0 Å². The topological polar surface area (TPSA) is 265 Å². The van der Waals surface area contributed by atoms with Crippen molar-refractivity contribution in [2.45, 2.75) is 89.5 Å². The average Bonchev–Trinajstić information content (AvgIpc) is 1.89. The van der Waals surface area contributed by atoms with Crippen molar-refractivity contribution in [3.63, 3.8) is 0 Å². The van der Waals surface area contributed by atoms with Gasteiger partial charge in [-0.05, 0) is 111 Å². The first-order valence-electron chi connectivity index (χ1n) is 30.2. The summed E-state index contributed by atoms with van der Waals surface area (Å²) < 4.78 is 10.8. The van der Waals surface area contributed by atoms with Gasteiger partial charge in [0.05, 0.1) is 22.3 Å². The van der Waals surface area contributed by atoms with Crippen LogP contribution in [-0.2, 0) is 46.7 Å². The Hall–Kier alpha value is -8.83. The molecule has 23 heteroatoms. The van der Waals surface area contributed by atoms with Crippen molar-refractivity contribution in [2.75, 3.05) is 94.9 Å². The van der Waals surface area contributed by atoms with Crippen molar-refractivity contribution >= 4 is 77.1 Å². The Balaban J connectivity index is 0.000000160. The maximum absolute atomic E-state index is 13.2. The molecule has 0 spiro atoms. The van der Waals surface area contributed by atoms with E-state index in [1.165, 1.54) is 0 Å². The average molecular weight is 1190 g/mol. The number of ether oxygens (including phenoxy) is 2. The van der Waals surface area contributed by atoms with Crippen molar-refractivity contribution in [1.29, 1.82) is 0 Å². The quantitative estimate of drug-likeness (QED) is 0.120. The molecule has 4 aromatic rings. The van der Waals surface area contributed by atoms with E-state index in [0.29, 0.717) is 66.8 Å². The van der Waals surface area contributed by atoms with E-state index >= 15 is 0 Å². The zero-order valence-electron chi connectivity index (χ0n) is 48.7. The molecule has 2 unspecified atom stereocenters. The van der Waals surface area contributed by atoms with Gasteiger partial charge in [-0.2, -0.15) is 0 Å². The summed E-state index contributed by atoms with van der Waals surface area (Å²) in [6.45, 7) is 11.3. The Morgan fingerprint density at radius 3 is 1.34 bits per heavy atom. The standard InChI is InChI=1S/C32H37N5O6.C17H18N4O4.C15H19NO3/c38-28-9-8-27(29(39)33-28)37-30(40)25-7-6-24(20-26(25)31(37)41)35-18-16-34(17-19-35)13-10-22-11-14-36(15-12-22)32(42)43-21-23-4-2-1-3-5-23;22-14-4-3-13(15(23)19-14)21-16(24)11-2-1-10(9-12(11)17(21)25)20-7-5-18-6-8-20;17-11-8-13-6-9-16(10-7-13)15(18)19-12-14-4-2-1-3-5-14/h1-7,20,22,27H,8-19,21H2,(H,33,38,39);1-2,9,13,18H,3-8H2,(H,19,22,23);1-5,11,13H,6-10,12H2. The van der Waals surface area contributed by atoms with Gasteiger partial charge < -0.3 is 39.2 Å². The maximum Gasteiger partial charge on any atom is 0.410 e. The van der Waals surface area contributed by atoms with E-state index in [-0.39, 0.29) is 49.7 Å². The summed E-state index contributed by atoms with van der Waals surface area (Å²) in [5.41, 5.74) is 5.01. The van der Waals surface area contributed by atoms with Crippen molar-refractivity contribution in [2.24, 2.45) is 11.8 Å². The largest absolute Gasteiger partial charge is 0.445 e. The second-order valence-electron chi connectivity index (χ2n) is 23.1. The monoisotopic (exact) mass is 1190 g/mol. The molecule has 6 saturated heterocycles. The number of benzene rings is 4. The molecule has 0 saturated carbocycles. The molecule has 6 fully saturated rings. The Morgan fingerprint density at radius 1 is 0.483 bits per heavy atom. The molecule has 2 atom stereocenters. The number of anilines is 2. The van der Waals surface area contributed by atoms with Crippen LogP contribution >= 0.6 is 0 Å². The van der Waals surface area contributed by atoms with E-state index in [1.54, 1.807) is 29.2 Å². The lowest BCUT2D eigenvalue weighted by Crippen LogP contribution is -2.54. The van der Waals surface area contributed by atoms with E-state index in [0.717, 1.165) is 143 Å².